The van der Waals surface area contributed by atoms with E-state index in [9.17, 15) is 0 Å². The van der Waals surface area contributed by atoms with Gasteiger partial charge in [-0.05, 0) is 82.9 Å². The van der Waals surface area contributed by atoms with Crippen LogP contribution in [0.5, 0.6) is 11.5 Å². The molecule has 0 aliphatic carbocycles. The molecule has 0 radical (unpaired) electrons. The lowest BCUT2D eigenvalue weighted by Crippen LogP contribution is -2.25. The molecular formula is C51H35NOS2. The summed E-state index contributed by atoms with van der Waals surface area (Å²) >= 11 is 3.71. The van der Waals surface area contributed by atoms with E-state index >= 15 is 0 Å². The standard InChI is InChI=1S/C51H35NOS2/c1-51(2)42-28-30-47-48(41-14-7-9-18-46(41)54-47)49(42)53-44-29-27-37(31-43(44)51)52(35-23-19-33(20-24-35)32-11-4-3-5-12-32)36-25-21-34(22-26-36)38-15-10-16-40-39-13-6-8-17-45(39)55-50(38)40/h3-31H,1-2H3. The van der Waals surface area contributed by atoms with Gasteiger partial charge in [-0.1, -0.05) is 129 Å². The van der Waals surface area contributed by atoms with Gasteiger partial charge >= 0.3 is 0 Å². The lowest BCUT2D eigenvalue weighted by Gasteiger charge is -2.36. The summed E-state index contributed by atoms with van der Waals surface area (Å²) in [6, 6.07) is 64.0. The minimum Gasteiger partial charge on any atom is -0.456 e. The third-order valence-electron chi connectivity index (χ3n) is 11.3. The molecule has 11 rings (SSSR count). The number of fused-ring (bicyclic) bond motifs is 9. The SMILES string of the molecule is CC1(C)c2cc(N(c3ccc(-c4ccccc4)cc3)c3ccc(-c4cccc5c4sc4ccccc45)cc3)ccc2Oc2c1ccc1sc3ccccc3c21. The highest BCUT2D eigenvalue weighted by atomic mass is 32.1. The van der Waals surface area contributed by atoms with E-state index in [0.29, 0.717) is 0 Å². The molecule has 262 valence electrons. The molecular weight excluding hydrogens is 707 g/mol. The number of rotatable bonds is 5. The van der Waals surface area contributed by atoms with Crippen molar-refractivity contribution in [2.75, 3.05) is 4.90 Å². The second-order valence-electron chi connectivity index (χ2n) is 14.9. The van der Waals surface area contributed by atoms with Gasteiger partial charge < -0.3 is 9.64 Å². The van der Waals surface area contributed by atoms with Gasteiger partial charge in [-0.15, -0.1) is 22.7 Å². The van der Waals surface area contributed by atoms with Gasteiger partial charge in [-0.25, -0.2) is 0 Å². The number of hydrogen-bond donors (Lipinski definition) is 0. The van der Waals surface area contributed by atoms with Crippen LogP contribution in [0, 0.1) is 0 Å². The normalized spacial score (nSPS) is 13.2. The fraction of sp³-hybridized carbons (Fsp3) is 0.0588. The van der Waals surface area contributed by atoms with Crippen molar-refractivity contribution < 1.29 is 4.74 Å². The average Bonchev–Trinajstić information content (AvgIpc) is 3.81. The van der Waals surface area contributed by atoms with Gasteiger partial charge in [0.2, 0.25) is 0 Å². The van der Waals surface area contributed by atoms with Gasteiger partial charge in [0.25, 0.3) is 0 Å². The minimum atomic E-state index is -0.286. The first-order valence-electron chi connectivity index (χ1n) is 18.7. The number of hydrogen-bond acceptors (Lipinski definition) is 4. The van der Waals surface area contributed by atoms with E-state index in [1.54, 1.807) is 0 Å². The highest BCUT2D eigenvalue weighted by Crippen LogP contribution is 2.54. The molecule has 2 aromatic heterocycles. The Morgan fingerprint density at radius 1 is 0.455 bits per heavy atom. The molecule has 0 N–H and O–H groups in total. The summed E-state index contributed by atoms with van der Waals surface area (Å²) in [5.41, 5.74) is 10.3. The van der Waals surface area contributed by atoms with Crippen LogP contribution >= 0.6 is 22.7 Å². The van der Waals surface area contributed by atoms with Crippen molar-refractivity contribution in [3.63, 3.8) is 0 Å². The van der Waals surface area contributed by atoms with Crippen LogP contribution in [-0.2, 0) is 5.41 Å². The predicted molar refractivity (Wildman–Crippen MR) is 236 cm³/mol. The molecule has 0 amide bonds. The van der Waals surface area contributed by atoms with E-state index in [1.165, 1.54) is 73.7 Å². The quantitative estimate of drug-likeness (QED) is 0.174. The Labute approximate surface area is 328 Å². The van der Waals surface area contributed by atoms with Crippen molar-refractivity contribution in [2.45, 2.75) is 19.3 Å². The molecule has 2 nitrogen and oxygen atoms in total. The summed E-state index contributed by atoms with van der Waals surface area (Å²) in [5, 5.41) is 5.11. The van der Waals surface area contributed by atoms with Crippen LogP contribution in [0.25, 0.3) is 62.6 Å². The van der Waals surface area contributed by atoms with Crippen molar-refractivity contribution in [1.29, 1.82) is 0 Å². The number of nitrogens with zero attached hydrogens (tertiary/aromatic N) is 1. The Balaban J connectivity index is 1.03. The zero-order chi connectivity index (χ0) is 36.7. The highest BCUT2D eigenvalue weighted by Gasteiger charge is 2.36. The van der Waals surface area contributed by atoms with Crippen molar-refractivity contribution in [1.82, 2.24) is 0 Å². The highest BCUT2D eigenvalue weighted by molar-refractivity contribution is 7.26. The van der Waals surface area contributed by atoms with Crippen LogP contribution < -0.4 is 9.64 Å². The Kier molecular flexibility index (Phi) is 7.28. The second-order valence-corrected chi connectivity index (χ2v) is 17.0. The monoisotopic (exact) mass is 741 g/mol. The van der Waals surface area contributed by atoms with Crippen molar-refractivity contribution in [3.05, 3.63) is 187 Å². The Morgan fingerprint density at radius 2 is 1.07 bits per heavy atom. The van der Waals surface area contributed by atoms with E-state index in [1.807, 2.05) is 22.7 Å². The van der Waals surface area contributed by atoms with Gasteiger partial charge in [-0.2, -0.15) is 0 Å². The molecule has 4 heteroatoms. The number of thiophene rings is 2. The fourth-order valence-electron chi connectivity index (χ4n) is 8.52. The zero-order valence-electron chi connectivity index (χ0n) is 30.4. The van der Waals surface area contributed by atoms with Crippen molar-refractivity contribution >= 4 is 80.1 Å². The second kappa shape index (κ2) is 12.4. The molecule has 0 saturated heterocycles. The zero-order valence-corrected chi connectivity index (χ0v) is 32.0. The van der Waals surface area contributed by atoms with Crippen LogP contribution in [0.3, 0.4) is 0 Å². The van der Waals surface area contributed by atoms with E-state index in [4.69, 9.17) is 4.74 Å². The lowest BCUT2D eigenvalue weighted by atomic mass is 9.75. The third-order valence-corrected chi connectivity index (χ3v) is 13.7. The first-order valence-corrected chi connectivity index (χ1v) is 20.4. The maximum absolute atomic E-state index is 6.91. The molecule has 3 heterocycles. The molecule has 55 heavy (non-hydrogen) atoms. The fourth-order valence-corrected chi connectivity index (χ4v) is 10.9. The molecule has 0 fully saturated rings. The molecule has 10 aromatic rings. The molecule has 0 unspecified atom stereocenters. The summed E-state index contributed by atoms with van der Waals surface area (Å²) in [4.78, 5) is 2.38. The van der Waals surface area contributed by atoms with Gasteiger partial charge in [0, 0.05) is 73.9 Å². The maximum atomic E-state index is 6.91. The van der Waals surface area contributed by atoms with E-state index < -0.39 is 0 Å². The molecule has 0 bridgehead atoms. The predicted octanol–water partition coefficient (Wildman–Crippen LogP) is 15.7. The van der Waals surface area contributed by atoms with Crippen LogP contribution in [-0.4, -0.2) is 0 Å². The summed E-state index contributed by atoms with van der Waals surface area (Å²) in [5.74, 6) is 1.90. The minimum absolute atomic E-state index is 0.286. The van der Waals surface area contributed by atoms with Gasteiger partial charge in [0.05, 0.1) is 0 Å². The van der Waals surface area contributed by atoms with Gasteiger partial charge in [0.1, 0.15) is 11.5 Å². The van der Waals surface area contributed by atoms with Crippen LogP contribution in [0.4, 0.5) is 17.1 Å². The van der Waals surface area contributed by atoms with Gasteiger partial charge in [0.15, 0.2) is 0 Å². The van der Waals surface area contributed by atoms with Crippen LogP contribution in [0.15, 0.2) is 176 Å². The lowest BCUT2D eigenvalue weighted by molar-refractivity contribution is 0.423. The summed E-state index contributed by atoms with van der Waals surface area (Å²) < 4.78 is 12.1. The van der Waals surface area contributed by atoms with Crippen LogP contribution in [0.2, 0.25) is 0 Å². The Hall–Kier alpha value is -6.20. The van der Waals surface area contributed by atoms with Crippen molar-refractivity contribution in [2.24, 2.45) is 0 Å². The van der Waals surface area contributed by atoms with Crippen LogP contribution in [0.1, 0.15) is 25.0 Å². The third kappa shape index (κ3) is 5.13. The largest absolute Gasteiger partial charge is 0.456 e. The van der Waals surface area contributed by atoms with E-state index in [2.05, 4.69) is 195 Å². The van der Waals surface area contributed by atoms with Crippen molar-refractivity contribution in [3.8, 4) is 33.8 Å². The average molecular weight is 742 g/mol. The summed E-state index contributed by atoms with van der Waals surface area (Å²) in [6.07, 6.45) is 0. The summed E-state index contributed by atoms with van der Waals surface area (Å²) in [6.45, 7) is 4.67. The van der Waals surface area contributed by atoms with E-state index in [-0.39, 0.29) is 5.41 Å². The number of anilines is 3. The molecule has 1 aliphatic rings. The topological polar surface area (TPSA) is 12.5 Å². The smallest absolute Gasteiger partial charge is 0.140 e. The maximum Gasteiger partial charge on any atom is 0.140 e. The summed E-state index contributed by atoms with van der Waals surface area (Å²) in [7, 11) is 0. The molecule has 8 aromatic carbocycles. The first kappa shape index (κ1) is 32.2. The molecule has 1 aliphatic heterocycles. The van der Waals surface area contributed by atoms with Gasteiger partial charge in [-0.3, -0.25) is 0 Å². The number of benzene rings is 8. The van der Waals surface area contributed by atoms with E-state index in [0.717, 1.165) is 28.6 Å². The molecule has 0 spiro atoms. The first-order chi connectivity index (χ1) is 27.0. The molecule has 0 atom stereocenters. The number of ether oxygens (including phenoxy) is 1. The Morgan fingerprint density at radius 3 is 1.84 bits per heavy atom. The Bertz CT molecular complexity index is 3080. The molecule has 0 saturated carbocycles.